The predicted molar refractivity (Wildman–Crippen MR) is 78.9 cm³/mol. The Morgan fingerprint density at radius 3 is 2.43 bits per heavy atom. The fourth-order valence-corrected chi connectivity index (χ4v) is 2.42. The summed E-state index contributed by atoms with van der Waals surface area (Å²) in [5, 5.41) is 3.52. The molecule has 2 aromatic rings. The molecule has 1 N–H and O–H groups in total. The van der Waals surface area contributed by atoms with Gasteiger partial charge in [0, 0.05) is 16.6 Å². The van der Waals surface area contributed by atoms with Crippen LogP contribution in [0.4, 0.5) is 8.78 Å². The molecule has 0 aliphatic carbocycles. The molecule has 0 unspecified atom stereocenters. The number of carbonyl (C=O) groups is 1. The van der Waals surface area contributed by atoms with Crippen LogP contribution in [0.1, 0.15) is 15.9 Å². The van der Waals surface area contributed by atoms with Crippen molar-refractivity contribution in [3.05, 3.63) is 69.2 Å². The molecule has 0 saturated carbocycles. The lowest BCUT2D eigenvalue weighted by Crippen LogP contribution is -2.26. The molecule has 110 valence electrons. The van der Waals surface area contributed by atoms with Crippen LogP contribution in [0.25, 0.3) is 0 Å². The van der Waals surface area contributed by atoms with Crippen molar-refractivity contribution in [2.45, 2.75) is 6.42 Å². The highest BCUT2D eigenvalue weighted by molar-refractivity contribution is 6.34. The normalized spacial score (nSPS) is 10.5. The van der Waals surface area contributed by atoms with Crippen molar-refractivity contribution >= 4 is 29.1 Å². The second-order valence-electron chi connectivity index (χ2n) is 4.38. The first-order valence-electron chi connectivity index (χ1n) is 6.14. The van der Waals surface area contributed by atoms with Gasteiger partial charge < -0.3 is 5.32 Å². The van der Waals surface area contributed by atoms with Crippen LogP contribution in [0.3, 0.4) is 0 Å². The second-order valence-corrected chi connectivity index (χ2v) is 5.26. The molecular weight excluding hydrogens is 319 g/mol. The molecule has 0 radical (unpaired) electrons. The largest absolute Gasteiger partial charge is 0.352 e. The Kier molecular flexibility index (Phi) is 5.15. The van der Waals surface area contributed by atoms with Gasteiger partial charge in [0.1, 0.15) is 0 Å². The topological polar surface area (TPSA) is 29.1 Å². The molecule has 0 aliphatic rings. The molecule has 0 heterocycles. The highest BCUT2D eigenvalue weighted by atomic mass is 35.5. The number of amides is 1. The SMILES string of the molecule is O=C(NCCc1cc(Cl)cc(Cl)c1)c1cccc(F)c1F. The highest BCUT2D eigenvalue weighted by Crippen LogP contribution is 2.19. The van der Waals surface area contributed by atoms with E-state index >= 15 is 0 Å². The van der Waals surface area contributed by atoms with Gasteiger partial charge in [-0.05, 0) is 42.3 Å². The quantitative estimate of drug-likeness (QED) is 0.892. The van der Waals surface area contributed by atoms with E-state index in [1.165, 1.54) is 12.1 Å². The van der Waals surface area contributed by atoms with Crippen LogP contribution in [0.2, 0.25) is 10.0 Å². The molecule has 0 atom stereocenters. The van der Waals surface area contributed by atoms with Crippen molar-refractivity contribution in [3.63, 3.8) is 0 Å². The number of rotatable bonds is 4. The molecule has 6 heteroatoms. The number of nitrogens with one attached hydrogen (secondary N) is 1. The van der Waals surface area contributed by atoms with Gasteiger partial charge in [-0.25, -0.2) is 8.78 Å². The summed E-state index contributed by atoms with van der Waals surface area (Å²) in [6.07, 6.45) is 0.475. The summed E-state index contributed by atoms with van der Waals surface area (Å²) in [5.74, 6) is -2.87. The summed E-state index contributed by atoms with van der Waals surface area (Å²) in [6, 6.07) is 8.52. The van der Waals surface area contributed by atoms with Crippen LogP contribution >= 0.6 is 23.2 Å². The van der Waals surface area contributed by atoms with Crippen molar-refractivity contribution in [2.75, 3.05) is 6.54 Å². The van der Waals surface area contributed by atoms with E-state index in [-0.39, 0.29) is 12.1 Å². The van der Waals surface area contributed by atoms with Gasteiger partial charge in [0.2, 0.25) is 0 Å². The molecule has 0 aliphatic heterocycles. The average molecular weight is 330 g/mol. The summed E-state index contributed by atoms with van der Waals surface area (Å²) in [6.45, 7) is 0.255. The monoisotopic (exact) mass is 329 g/mol. The van der Waals surface area contributed by atoms with Crippen LogP contribution in [-0.2, 0) is 6.42 Å². The second kappa shape index (κ2) is 6.87. The third-order valence-corrected chi connectivity index (χ3v) is 3.25. The van der Waals surface area contributed by atoms with Gasteiger partial charge in [-0.1, -0.05) is 29.3 Å². The van der Waals surface area contributed by atoms with Crippen molar-refractivity contribution in [2.24, 2.45) is 0 Å². The van der Waals surface area contributed by atoms with Gasteiger partial charge in [-0.2, -0.15) is 0 Å². The van der Waals surface area contributed by atoms with Gasteiger partial charge in [0.05, 0.1) is 5.56 Å². The maximum Gasteiger partial charge on any atom is 0.254 e. The van der Waals surface area contributed by atoms with Crippen molar-refractivity contribution in [3.8, 4) is 0 Å². The minimum atomic E-state index is -1.15. The van der Waals surface area contributed by atoms with E-state index < -0.39 is 17.5 Å². The summed E-state index contributed by atoms with van der Waals surface area (Å²) < 4.78 is 26.5. The molecule has 2 rings (SSSR count). The summed E-state index contributed by atoms with van der Waals surface area (Å²) in [4.78, 5) is 11.8. The lowest BCUT2D eigenvalue weighted by atomic mass is 10.1. The smallest absolute Gasteiger partial charge is 0.254 e. The van der Waals surface area contributed by atoms with Crippen LogP contribution in [-0.4, -0.2) is 12.5 Å². The Bertz CT molecular complexity index is 656. The number of hydrogen-bond donors (Lipinski definition) is 1. The molecule has 2 nitrogen and oxygen atoms in total. The Morgan fingerprint density at radius 1 is 1.10 bits per heavy atom. The van der Waals surface area contributed by atoms with E-state index in [1.807, 2.05) is 0 Å². The van der Waals surface area contributed by atoms with E-state index in [1.54, 1.807) is 18.2 Å². The summed E-state index contributed by atoms with van der Waals surface area (Å²) >= 11 is 11.7. The van der Waals surface area contributed by atoms with Gasteiger partial charge >= 0.3 is 0 Å². The third kappa shape index (κ3) is 4.16. The highest BCUT2D eigenvalue weighted by Gasteiger charge is 2.14. The number of halogens is 4. The van der Waals surface area contributed by atoms with Crippen LogP contribution in [0.15, 0.2) is 36.4 Å². The molecule has 0 aromatic heterocycles. The maximum absolute atomic E-state index is 13.4. The number of hydrogen-bond acceptors (Lipinski definition) is 1. The molecule has 0 bridgehead atoms. The zero-order valence-corrected chi connectivity index (χ0v) is 12.3. The first-order chi connectivity index (χ1) is 9.97. The lowest BCUT2D eigenvalue weighted by molar-refractivity contribution is 0.0949. The Labute approximate surface area is 130 Å². The van der Waals surface area contributed by atoms with Crippen LogP contribution in [0, 0.1) is 11.6 Å². The Morgan fingerprint density at radius 2 is 1.76 bits per heavy atom. The minimum absolute atomic E-state index is 0.255. The predicted octanol–water partition coefficient (Wildman–Crippen LogP) is 4.24. The van der Waals surface area contributed by atoms with Gasteiger partial charge in [0.15, 0.2) is 11.6 Å². The molecular formula is C15H11Cl2F2NO. The Balaban J connectivity index is 1.97. The minimum Gasteiger partial charge on any atom is -0.352 e. The number of carbonyl (C=O) groups excluding carboxylic acids is 1. The number of benzene rings is 2. The van der Waals surface area contributed by atoms with E-state index in [2.05, 4.69) is 5.32 Å². The summed E-state index contributed by atoms with van der Waals surface area (Å²) in [7, 11) is 0. The zero-order chi connectivity index (χ0) is 15.4. The van der Waals surface area contributed by atoms with Crippen LogP contribution in [0.5, 0.6) is 0 Å². The van der Waals surface area contributed by atoms with Crippen molar-refractivity contribution in [1.29, 1.82) is 0 Å². The fourth-order valence-electron chi connectivity index (χ4n) is 1.85. The average Bonchev–Trinajstić information content (AvgIpc) is 2.40. The van der Waals surface area contributed by atoms with Gasteiger partial charge in [-0.15, -0.1) is 0 Å². The standard InChI is InChI=1S/C15H11Cl2F2NO/c16-10-6-9(7-11(17)8-10)4-5-20-15(21)12-2-1-3-13(18)14(12)19/h1-3,6-8H,4-5H2,(H,20,21). The van der Waals surface area contributed by atoms with E-state index in [0.29, 0.717) is 16.5 Å². The van der Waals surface area contributed by atoms with E-state index in [9.17, 15) is 13.6 Å². The molecule has 1 amide bonds. The maximum atomic E-state index is 13.4. The first kappa shape index (κ1) is 15.7. The van der Waals surface area contributed by atoms with Crippen LogP contribution < -0.4 is 5.32 Å². The Hall–Kier alpha value is -1.65. The third-order valence-electron chi connectivity index (χ3n) is 2.82. The lowest BCUT2D eigenvalue weighted by Gasteiger charge is -2.07. The first-order valence-corrected chi connectivity index (χ1v) is 6.90. The van der Waals surface area contributed by atoms with E-state index in [4.69, 9.17) is 23.2 Å². The molecule has 0 spiro atoms. The van der Waals surface area contributed by atoms with E-state index in [0.717, 1.165) is 11.6 Å². The van der Waals surface area contributed by atoms with Crippen molar-refractivity contribution in [1.82, 2.24) is 5.32 Å². The molecule has 21 heavy (non-hydrogen) atoms. The van der Waals surface area contributed by atoms with Crippen molar-refractivity contribution < 1.29 is 13.6 Å². The zero-order valence-electron chi connectivity index (χ0n) is 10.8. The van der Waals surface area contributed by atoms with Gasteiger partial charge in [-0.3, -0.25) is 4.79 Å². The fraction of sp³-hybridized carbons (Fsp3) is 0.133. The van der Waals surface area contributed by atoms with Gasteiger partial charge in [0.25, 0.3) is 5.91 Å². The molecule has 0 fully saturated rings. The molecule has 0 saturated heterocycles. The summed E-state index contributed by atoms with van der Waals surface area (Å²) in [5.41, 5.74) is 0.520. The molecule has 2 aromatic carbocycles.